The predicted octanol–water partition coefficient (Wildman–Crippen LogP) is 2.22. The van der Waals surface area contributed by atoms with Gasteiger partial charge < -0.3 is 35.7 Å². The fraction of sp³-hybridized carbons (Fsp3) is 0.857. The minimum Gasteiger partial charge on any atom is -0.465 e. The van der Waals surface area contributed by atoms with E-state index in [1.165, 1.54) is 0 Å². The van der Waals surface area contributed by atoms with E-state index in [1.807, 2.05) is 0 Å². The highest BCUT2D eigenvalue weighted by atomic mass is 16.6. The molecule has 0 bridgehead atoms. The van der Waals surface area contributed by atoms with Crippen LogP contribution in [0.1, 0.15) is 110 Å². The third-order valence-corrected chi connectivity index (χ3v) is 10.8. The molecule has 0 aromatic rings. The molecule has 2 fully saturated rings. The van der Waals surface area contributed by atoms with Crippen LogP contribution >= 0.6 is 0 Å². The van der Waals surface area contributed by atoms with Crippen molar-refractivity contribution in [3.05, 3.63) is 12.2 Å². The van der Waals surface area contributed by atoms with Gasteiger partial charge in [0.15, 0.2) is 11.6 Å². The van der Waals surface area contributed by atoms with E-state index >= 15 is 0 Å². The summed E-state index contributed by atoms with van der Waals surface area (Å²) in [4.78, 5) is 28.6. The average molecular weight is 662 g/mol. The van der Waals surface area contributed by atoms with E-state index in [0.717, 1.165) is 70.2 Å². The quantitative estimate of drug-likeness (QED) is 0.0761. The Bertz CT molecular complexity index is 1140. The summed E-state index contributed by atoms with van der Waals surface area (Å²) in [5.74, 6) is 0.322. The van der Waals surface area contributed by atoms with E-state index in [0.29, 0.717) is 58.3 Å². The lowest BCUT2D eigenvalue weighted by molar-refractivity contribution is -0.609. The van der Waals surface area contributed by atoms with Crippen molar-refractivity contribution in [1.82, 2.24) is 15.5 Å². The first kappa shape index (κ1) is 36.0. The summed E-state index contributed by atoms with van der Waals surface area (Å²) in [5.41, 5.74) is 9.96. The first-order chi connectivity index (χ1) is 22.7. The average Bonchev–Trinajstić information content (AvgIpc) is 3.34. The van der Waals surface area contributed by atoms with Crippen LogP contribution in [0.3, 0.4) is 0 Å². The molecule has 7 N–H and O–H groups in total. The molecule has 1 amide bonds. The number of unbranched alkanes of at least 4 members (excludes halogenated alkanes) is 2. The van der Waals surface area contributed by atoms with E-state index in [4.69, 9.17) is 25.7 Å². The van der Waals surface area contributed by atoms with Gasteiger partial charge in [-0.15, -0.1) is 0 Å². The maximum Gasteiger partial charge on any atom is 0.350 e. The molecule has 0 saturated carbocycles. The molecule has 0 aromatic heterocycles. The van der Waals surface area contributed by atoms with Crippen molar-refractivity contribution in [2.75, 3.05) is 32.8 Å². The molecule has 2 saturated heterocycles. The summed E-state index contributed by atoms with van der Waals surface area (Å²) in [6.07, 6.45) is 15.9. The van der Waals surface area contributed by atoms with Gasteiger partial charge in [0.1, 0.15) is 0 Å². The van der Waals surface area contributed by atoms with E-state index < -0.39 is 23.5 Å². The number of nitrogens with one attached hydrogen (secondary N) is 2. The van der Waals surface area contributed by atoms with Crippen LogP contribution in [0, 0.1) is 5.92 Å². The van der Waals surface area contributed by atoms with Crippen molar-refractivity contribution >= 4 is 17.8 Å². The SMILES string of the molecule is CC[C@@H]1C=CCC[C@@]2(C[C@@H]3CC[C@@H]4[C@H](C(=O)OCCCCCC(=O)N(CCCN)C[C@@H](O)CCN)[C@]5(CCC[C@@H](C)O5)NC(=[N+]34)N2)O1. The summed E-state index contributed by atoms with van der Waals surface area (Å²) in [6, 6.07) is 0.280. The Balaban J connectivity index is 1.19. The number of carbonyl (C=O) groups excluding carboxylic acids is 2. The Morgan fingerprint density at radius 3 is 2.74 bits per heavy atom. The summed E-state index contributed by atoms with van der Waals surface area (Å²) in [6.45, 7) is 6.26. The van der Waals surface area contributed by atoms with Gasteiger partial charge in [-0.2, -0.15) is 0 Å². The lowest BCUT2D eigenvalue weighted by atomic mass is 9.80. The second-order valence-corrected chi connectivity index (χ2v) is 14.4. The van der Waals surface area contributed by atoms with Gasteiger partial charge in [-0.1, -0.05) is 19.1 Å². The van der Waals surface area contributed by atoms with Gasteiger partial charge in [-0.3, -0.25) is 14.2 Å². The van der Waals surface area contributed by atoms with Crippen LogP contribution in [0.4, 0.5) is 0 Å². The number of rotatable bonds is 15. The van der Waals surface area contributed by atoms with Gasteiger partial charge >= 0.3 is 11.9 Å². The molecule has 12 heteroatoms. The van der Waals surface area contributed by atoms with Crippen molar-refractivity contribution < 1.29 is 33.5 Å². The standard InChI is InChI=1S/C35H60N6O6/c1-3-28-12-6-7-17-34(47-28)23-26-14-15-29-31(35(18-9-11-25(2)46-35)39-33(38-34)41(26)29)32(44)45-22-8-4-5-13-30(43)40(21-10-19-36)24-27(42)16-20-37/h6,12,25-29,31,42H,3-5,7-11,13-24,36-37H2,1-2H3,(H,38,39)/p+1/t25-,26+,27+,28-,29-,31-,34+,35-/m1/s1. The van der Waals surface area contributed by atoms with Crippen molar-refractivity contribution in [3.63, 3.8) is 0 Å². The Hall–Kier alpha value is -2.25. The van der Waals surface area contributed by atoms with Gasteiger partial charge in [0, 0.05) is 38.8 Å². The Labute approximate surface area is 281 Å². The van der Waals surface area contributed by atoms with Gasteiger partial charge in [-0.25, -0.2) is 10.6 Å². The molecule has 12 nitrogen and oxygen atoms in total. The van der Waals surface area contributed by atoms with Crippen LogP contribution < -0.4 is 22.1 Å². The topological polar surface area (TPSA) is 164 Å². The number of aliphatic hydroxyl groups excluding tert-OH is 1. The number of hydrogen-bond acceptors (Lipinski definition) is 10. The Morgan fingerprint density at radius 1 is 1.13 bits per heavy atom. The van der Waals surface area contributed by atoms with Crippen LogP contribution in [0.15, 0.2) is 12.2 Å². The summed E-state index contributed by atoms with van der Waals surface area (Å²) in [5, 5.41) is 17.8. The molecule has 5 aliphatic heterocycles. The van der Waals surface area contributed by atoms with Gasteiger partial charge in [0.2, 0.25) is 11.6 Å². The molecule has 5 aliphatic rings. The van der Waals surface area contributed by atoms with E-state index in [2.05, 4.69) is 41.2 Å². The molecule has 0 aromatic carbocycles. The van der Waals surface area contributed by atoms with Crippen LogP contribution in [0.25, 0.3) is 0 Å². The minimum absolute atomic E-state index is 0.00322. The molecule has 0 unspecified atom stereocenters. The summed E-state index contributed by atoms with van der Waals surface area (Å²) < 4.78 is 21.9. The smallest absolute Gasteiger partial charge is 0.350 e. The highest BCUT2D eigenvalue weighted by molar-refractivity contribution is 5.82. The monoisotopic (exact) mass is 661 g/mol. The summed E-state index contributed by atoms with van der Waals surface area (Å²) in [7, 11) is 0. The van der Waals surface area contributed by atoms with Crippen molar-refractivity contribution in [2.24, 2.45) is 17.4 Å². The Morgan fingerprint density at radius 2 is 1.98 bits per heavy atom. The fourth-order valence-corrected chi connectivity index (χ4v) is 8.51. The zero-order valence-electron chi connectivity index (χ0n) is 28.8. The first-order valence-electron chi connectivity index (χ1n) is 18.5. The lowest BCUT2D eigenvalue weighted by Gasteiger charge is -2.50. The number of guanidine groups is 1. The molecule has 5 heterocycles. The van der Waals surface area contributed by atoms with Crippen molar-refractivity contribution in [3.8, 4) is 0 Å². The van der Waals surface area contributed by atoms with Gasteiger partial charge in [-0.05, 0) is 90.6 Å². The molecule has 8 atom stereocenters. The van der Waals surface area contributed by atoms with Gasteiger partial charge in [0.05, 0.1) is 37.0 Å². The third kappa shape index (κ3) is 8.49. The Kier molecular flexibility index (Phi) is 12.6. The van der Waals surface area contributed by atoms with Crippen LogP contribution in [-0.2, 0) is 23.8 Å². The zero-order valence-corrected chi connectivity index (χ0v) is 28.8. The second-order valence-electron chi connectivity index (χ2n) is 14.4. The number of nitrogens with two attached hydrogens (primary N) is 2. The predicted molar refractivity (Wildman–Crippen MR) is 179 cm³/mol. The number of ether oxygens (including phenoxy) is 3. The highest BCUT2D eigenvalue weighted by Crippen LogP contribution is 2.45. The summed E-state index contributed by atoms with van der Waals surface area (Å²) >= 11 is 0. The third-order valence-electron chi connectivity index (χ3n) is 10.8. The molecule has 0 aliphatic carbocycles. The number of hydrogen-bond donors (Lipinski definition) is 5. The van der Waals surface area contributed by atoms with Crippen LogP contribution in [-0.4, -0.2) is 107 Å². The van der Waals surface area contributed by atoms with E-state index in [-0.39, 0.29) is 42.7 Å². The number of carbonyl (C=O) groups is 2. The minimum atomic E-state index is -0.827. The molecule has 266 valence electrons. The number of esters is 1. The second kappa shape index (κ2) is 16.4. The van der Waals surface area contributed by atoms with Crippen LogP contribution in [0.5, 0.6) is 0 Å². The highest BCUT2D eigenvalue weighted by Gasteiger charge is 2.64. The normalized spacial score (nSPS) is 33.6. The van der Waals surface area contributed by atoms with E-state index in [1.54, 1.807) is 4.90 Å². The molecular weight excluding hydrogens is 600 g/mol. The van der Waals surface area contributed by atoms with Gasteiger partial charge in [0.25, 0.3) is 0 Å². The number of aliphatic hydroxyl groups is 1. The van der Waals surface area contributed by atoms with Crippen molar-refractivity contribution in [1.29, 1.82) is 0 Å². The van der Waals surface area contributed by atoms with Crippen molar-refractivity contribution in [2.45, 2.75) is 152 Å². The zero-order chi connectivity index (χ0) is 33.4. The fourth-order valence-electron chi connectivity index (χ4n) is 8.51. The molecular formula is C35H61N6O6+. The molecule has 5 rings (SSSR count). The van der Waals surface area contributed by atoms with E-state index in [9.17, 15) is 14.7 Å². The maximum atomic E-state index is 14.0. The maximum absolute atomic E-state index is 14.0. The number of amides is 1. The van der Waals surface area contributed by atoms with Crippen LogP contribution in [0.2, 0.25) is 0 Å². The molecule has 2 spiro atoms. The number of nitrogens with zero attached hydrogens (tertiary/aromatic N) is 2. The first-order valence-corrected chi connectivity index (χ1v) is 18.5. The molecule has 47 heavy (non-hydrogen) atoms. The largest absolute Gasteiger partial charge is 0.465 e. The lowest BCUT2D eigenvalue weighted by Crippen LogP contribution is -2.76. The number of allylic oxidation sites excluding steroid dienone is 1. The molecule has 0 radical (unpaired) electrons.